The molecule has 1 rings (SSSR count). The SMILES string of the molecule is COc1ccc(OCC(F)(F)F)cc1OCC(C)N. The van der Waals surface area contributed by atoms with Crippen LogP contribution in [0.2, 0.25) is 0 Å². The molecule has 2 N–H and O–H groups in total. The Morgan fingerprint density at radius 1 is 1.21 bits per heavy atom. The third kappa shape index (κ3) is 5.69. The second-order valence-corrected chi connectivity index (χ2v) is 4.00. The van der Waals surface area contributed by atoms with Crippen LogP contribution in [0, 0.1) is 0 Å². The van der Waals surface area contributed by atoms with E-state index in [1.165, 1.54) is 25.3 Å². The Hall–Kier alpha value is -1.63. The lowest BCUT2D eigenvalue weighted by Gasteiger charge is -2.14. The van der Waals surface area contributed by atoms with Gasteiger partial charge in [0.1, 0.15) is 12.4 Å². The molecule has 0 aliphatic rings. The summed E-state index contributed by atoms with van der Waals surface area (Å²) in [5.74, 6) is 0.747. The Bertz CT molecular complexity index is 408. The number of benzene rings is 1. The fourth-order valence-corrected chi connectivity index (χ4v) is 1.25. The fraction of sp³-hybridized carbons (Fsp3) is 0.500. The number of halogens is 3. The summed E-state index contributed by atoms with van der Waals surface area (Å²) in [5, 5.41) is 0. The number of rotatable bonds is 6. The Morgan fingerprint density at radius 2 is 1.89 bits per heavy atom. The molecule has 0 saturated heterocycles. The van der Waals surface area contributed by atoms with Crippen molar-refractivity contribution in [3.05, 3.63) is 18.2 Å². The summed E-state index contributed by atoms with van der Waals surface area (Å²) in [6.45, 7) is 0.613. The van der Waals surface area contributed by atoms with Gasteiger partial charge in [-0.2, -0.15) is 13.2 Å². The number of nitrogens with two attached hydrogens (primary N) is 1. The van der Waals surface area contributed by atoms with Crippen LogP contribution in [-0.4, -0.2) is 32.5 Å². The first-order valence-corrected chi connectivity index (χ1v) is 5.58. The van der Waals surface area contributed by atoms with Crippen LogP contribution in [0.3, 0.4) is 0 Å². The van der Waals surface area contributed by atoms with E-state index in [9.17, 15) is 13.2 Å². The normalized spacial score (nSPS) is 12.9. The molecule has 19 heavy (non-hydrogen) atoms. The van der Waals surface area contributed by atoms with Gasteiger partial charge < -0.3 is 19.9 Å². The van der Waals surface area contributed by atoms with Crippen molar-refractivity contribution in [3.63, 3.8) is 0 Å². The first kappa shape index (κ1) is 15.4. The molecular formula is C12H16F3NO3. The molecule has 7 heteroatoms. The molecule has 0 radical (unpaired) electrons. The van der Waals surface area contributed by atoms with Gasteiger partial charge in [0.15, 0.2) is 18.1 Å². The predicted octanol–water partition coefficient (Wildman–Crippen LogP) is 2.36. The lowest BCUT2D eigenvalue weighted by molar-refractivity contribution is -0.153. The number of hydrogen-bond acceptors (Lipinski definition) is 4. The number of hydrogen-bond donors (Lipinski definition) is 1. The minimum Gasteiger partial charge on any atom is -0.493 e. The summed E-state index contributed by atoms with van der Waals surface area (Å²) in [7, 11) is 1.43. The van der Waals surface area contributed by atoms with Crippen LogP contribution in [0.4, 0.5) is 13.2 Å². The van der Waals surface area contributed by atoms with Gasteiger partial charge >= 0.3 is 6.18 Å². The molecule has 1 atom stereocenters. The van der Waals surface area contributed by atoms with Crippen molar-refractivity contribution in [2.24, 2.45) is 5.73 Å². The molecule has 0 bridgehead atoms. The molecule has 0 spiro atoms. The van der Waals surface area contributed by atoms with Crippen molar-refractivity contribution in [1.29, 1.82) is 0 Å². The molecule has 0 aliphatic heterocycles. The van der Waals surface area contributed by atoms with Crippen molar-refractivity contribution in [1.82, 2.24) is 0 Å². The third-order valence-electron chi connectivity index (χ3n) is 2.04. The zero-order valence-corrected chi connectivity index (χ0v) is 10.7. The monoisotopic (exact) mass is 279 g/mol. The van der Waals surface area contributed by atoms with E-state index in [-0.39, 0.29) is 18.4 Å². The number of ether oxygens (including phenoxy) is 3. The highest BCUT2D eigenvalue weighted by atomic mass is 19.4. The highest BCUT2D eigenvalue weighted by Crippen LogP contribution is 2.32. The molecule has 0 saturated carbocycles. The highest BCUT2D eigenvalue weighted by molar-refractivity contribution is 5.45. The summed E-state index contributed by atoms with van der Waals surface area (Å²) in [6.07, 6.45) is -4.38. The molecule has 0 amide bonds. The average Bonchev–Trinajstić information content (AvgIpc) is 2.33. The van der Waals surface area contributed by atoms with Crippen molar-refractivity contribution in [2.45, 2.75) is 19.1 Å². The maximum Gasteiger partial charge on any atom is 0.422 e. The quantitative estimate of drug-likeness (QED) is 0.868. The Kier molecular flexibility index (Phi) is 5.29. The first-order chi connectivity index (χ1) is 8.81. The smallest absolute Gasteiger partial charge is 0.422 e. The topological polar surface area (TPSA) is 53.7 Å². The van der Waals surface area contributed by atoms with Gasteiger partial charge in [0.2, 0.25) is 0 Å². The number of methoxy groups -OCH3 is 1. The minimum absolute atomic E-state index is 0.0535. The van der Waals surface area contributed by atoms with Gasteiger partial charge in [0.05, 0.1) is 7.11 Å². The summed E-state index contributed by atoms with van der Waals surface area (Å²) >= 11 is 0. The average molecular weight is 279 g/mol. The van der Waals surface area contributed by atoms with Crippen molar-refractivity contribution >= 4 is 0 Å². The van der Waals surface area contributed by atoms with Crippen molar-refractivity contribution in [2.75, 3.05) is 20.3 Å². The largest absolute Gasteiger partial charge is 0.493 e. The highest BCUT2D eigenvalue weighted by Gasteiger charge is 2.28. The van der Waals surface area contributed by atoms with Gasteiger partial charge in [0, 0.05) is 12.1 Å². The standard InChI is InChI=1S/C12H16F3NO3/c1-8(16)6-18-11-5-9(3-4-10(11)17-2)19-7-12(13,14)15/h3-5,8H,6-7,16H2,1-2H3. The maximum absolute atomic E-state index is 12.0. The predicted molar refractivity (Wildman–Crippen MR) is 63.7 cm³/mol. The van der Waals surface area contributed by atoms with Crippen LogP contribution in [0.25, 0.3) is 0 Å². The van der Waals surface area contributed by atoms with E-state index in [4.69, 9.17) is 15.2 Å². The van der Waals surface area contributed by atoms with Crippen LogP contribution >= 0.6 is 0 Å². The molecule has 1 aromatic rings. The second-order valence-electron chi connectivity index (χ2n) is 4.00. The summed E-state index contributed by atoms with van der Waals surface area (Å²) in [6, 6.07) is 3.99. The van der Waals surface area contributed by atoms with Crippen LogP contribution in [-0.2, 0) is 0 Å². The lowest BCUT2D eigenvalue weighted by atomic mass is 10.3. The molecular weight excluding hydrogens is 263 g/mol. The van der Waals surface area contributed by atoms with E-state index in [0.717, 1.165) is 0 Å². The van der Waals surface area contributed by atoms with Gasteiger partial charge in [-0.15, -0.1) is 0 Å². The van der Waals surface area contributed by atoms with E-state index in [1.54, 1.807) is 6.92 Å². The van der Waals surface area contributed by atoms with E-state index < -0.39 is 12.8 Å². The van der Waals surface area contributed by atoms with Crippen molar-refractivity contribution < 1.29 is 27.4 Å². The number of alkyl halides is 3. The molecule has 0 fully saturated rings. The Balaban J connectivity index is 2.76. The van der Waals surface area contributed by atoms with Crippen LogP contribution in [0.1, 0.15) is 6.92 Å². The second kappa shape index (κ2) is 6.51. The zero-order valence-electron chi connectivity index (χ0n) is 10.7. The summed E-state index contributed by atoms with van der Waals surface area (Å²) in [5.41, 5.74) is 5.54. The Morgan fingerprint density at radius 3 is 2.42 bits per heavy atom. The van der Waals surface area contributed by atoms with Gasteiger partial charge in [-0.25, -0.2) is 0 Å². The van der Waals surface area contributed by atoms with E-state index >= 15 is 0 Å². The molecule has 0 aliphatic carbocycles. The van der Waals surface area contributed by atoms with Crippen molar-refractivity contribution in [3.8, 4) is 17.2 Å². The first-order valence-electron chi connectivity index (χ1n) is 5.58. The van der Waals surface area contributed by atoms with Crippen LogP contribution < -0.4 is 19.9 Å². The third-order valence-corrected chi connectivity index (χ3v) is 2.04. The maximum atomic E-state index is 12.0. The molecule has 1 aromatic carbocycles. The van der Waals surface area contributed by atoms with Gasteiger partial charge in [0.25, 0.3) is 0 Å². The Labute approximate surface area is 109 Å². The molecule has 0 heterocycles. The van der Waals surface area contributed by atoms with Gasteiger partial charge in [-0.05, 0) is 19.1 Å². The fourth-order valence-electron chi connectivity index (χ4n) is 1.25. The molecule has 0 aromatic heterocycles. The molecule has 108 valence electrons. The van der Waals surface area contributed by atoms with Crippen LogP contribution in [0.15, 0.2) is 18.2 Å². The summed E-state index contributed by atoms with van der Waals surface area (Å²) < 4.78 is 51.1. The van der Waals surface area contributed by atoms with E-state index in [1.807, 2.05) is 0 Å². The zero-order chi connectivity index (χ0) is 14.5. The van der Waals surface area contributed by atoms with E-state index in [0.29, 0.717) is 11.5 Å². The minimum atomic E-state index is -4.38. The van der Waals surface area contributed by atoms with Gasteiger partial charge in [-0.3, -0.25) is 0 Å². The van der Waals surface area contributed by atoms with E-state index in [2.05, 4.69) is 4.74 Å². The molecule has 4 nitrogen and oxygen atoms in total. The summed E-state index contributed by atoms with van der Waals surface area (Å²) in [4.78, 5) is 0. The van der Waals surface area contributed by atoms with Crippen LogP contribution in [0.5, 0.6) is 17.2 Å². The molecule has 1 unspecified atom stereocenters. The van der Waals surface area contributed by atoms with Gasteiger partial charge in [-0.1, -0.05) is 0 Å². The lowest BCUT2D eigenvalue weighted by Crippen LogP contribution is -2.23.